The molecule has 0 aromatic carbocycles. The van der Waals surface area contributed by atoms with Crippen LogP contribution >= 0.6 is 0 Å². The molecule has 1 aliphatic carbocycles. The molecule has 1 aliphatic heterocycles. The smallest absolute Gasteiger partial charge is 0.328 e. The van der Waals surface area contributed by atoms with Crippen LogP contribution in [0.3, 0.4) is 0 Å². The van der Waals surface area contributed by atoms with Crippen molar-refractivity contribution >= 4 is 18.3 Å². The summed E-state index contributed by atoms with van der Waals surface area (Å²) in [5.74, 6) is 0.185. The van der Waals surface area contributed by atoms with Crippen molar-refractivity contribution in [3.63, 3.8) is 0 Å². The Labute approximate surface area is 213 Å². The quantitative estimate of drug-likeness (QED) is 0.126. The van der Waals surface area contributed by atoms with Gasteiger partial charge in [-0.3, -0.25) is 9.59 Å². The first kappa shape index (κ1) is 29.6. The van der Waals surface area contributed by atoms with Crippen LogP contribution in [0.25, 0.3) is 0 Å². The topological polar surface area (TPSA) is 81.7 Å². The Morgan fingerprint density at radius 2 is 1.66 bits per heavy atom. The van der Waals surface area contributed by atoms with Crippen molar-refractivity contribution in [3.05, 3.63) is 0 Å². The van der Waals surface area contributed by atoms with E-state index in [2.05, 4.69) is 12.2 Å². The zero-order valence-corrected chi connectivity index (χ0v) is 22.6. The highest BCUT2D eigenvalue weighted by Gasteiger charge is 2.48. The summed E-state index contributed by atoms with van der Waals surface area (Å²) in [5.41, 5.74) is 0. The zero-order valence-electron chi connectivity index (χ0n) is 22.6. The fourth-order valence-corrected chi connectivity index (χ4v) is 5.76. The molecule has 2 aliphatic rings. The number of carbonyl (C=O) groups is 3. The van der Waals surface area contributed by atoms with Crippen LogP contribution in [-0.2, 0) is 23.9 Å². The zero-order chi connectivity index (χ0) is 25.5. The Hall–Kier alpha value is -1.59. The summed E-state index contributed by atoms with van der Waals surface area (Å²) in [6.07, 6.45) is 19.0. The van der Waals surface area contributed by atoms with E-state index in [1.165, 1.54) is 64.2 Å². The Kier molecular flexibility index (Phi) is 14.4. The molecular weight excluding hydrogens is 442 g/mol. The first-order chi connectivity index (χ1) is 17.0. The van der Waals surface area contributed by atoms with Crippen molar-refractivity contribution in [2.24, 2.45) is 17.8 Å². The highest BCUT2D eigenvalue weighted by molar-refractivity contribution is 5.79. The normalized spacial score (nSPS) is 22.2. The van der Waals surface area contributed by atoms with Gasteiger partial charge in [-0.15, -0.1) is 0 Å². The second kappa shape index (κ2) is 17.0. The Balaban J connectivity index is 1.88. The van der Waals surface area contributed by atoms with Crippen molar-refractivity contribution in [1.29, 1.82) is 0 Å². The standard InChI is InChI=1S/C29H51NO5/c1-4-5-6-7-8-9-10-11-15-18-24(34-28(32)25(30-21-31)19-22(2)3)20-26-27(29(33)35-26)23-16-13-12-14-17-23/h21-27H,4-20H2,1-3H3,(H,30,31)/t24-,25-,26-,27-/m0/s1. The number of unbranched alkanes of at least 4 members (excludes halogenated alkanes) is 8. The molecule has 0 aromatic heterocycles. The van der Waals surface area contributed by atoms with Crippen LogP contribution in [0.5, 0.6) is 0 Å². The highest BCUT2D eigenvalue weighted by Crippen LogP contribution is 2.40. The van der Waals surface area contributed by atoms with Crippen molar-refractivity contribution in [2.45, 2.75) is 148 Å². The molecule has 2 rings (SSSR count). The summed E-state index contributed by atoms with van der Waals surface area (Å²) >= 11 is 0. The molecule has 0 bridgehead atoms. The molecule has 6 nitrogen and oxygen atoms in total. The fourth-order valence-electron chi connectivity index (χ4n) is 5.76. The minimum atomic E-state index is -0.629. The molecule has 202 valence electrons. The van der Waals surface area contributed by atoms with E-state index in [0.29, 0.717) is 25.2 Å². The summed E-state index contributed by atoms with van der Waals surface area (Å²) in [4.78, 5) is 36.3. The number of esters is 2. The summed E-state index contributed by atoms with van der Waals surface area (Å²) in [6, 6.07) is -0.629. The molecule has 35 heavy (non-hydrogen) atoms. The summed E-state index contributed by atoms with van der Waals surface area (Å²) in [5, 5.41) is 2.63. The molecule has 1 N–H and O–H groups in total. The predicted molar refractivity (Wildman–Crippen MR) is 139 cm³/mol. The van der Waals surface area contributed by atoms with Gasteiger partial charge in [0.05, 0.1) is 5.92 Å². The number of carbonyl (C=O) groups excluding carboxylic acids is 3. The molecule has 1 heterocycles. The monoisotopic (exact) mass is 493 g/mol. The van der Waals surface area contributed by atoms with Gasteiger partial charge in [0.1, 0.15) is 18.2 Å². The van der Waals surface area contributed by atoms with Gasteiger partial charge in [-0.25, -0.2) is 4.79 Å². The Morgan fingerprint density at radius 1 is 1.03 bits per heavy atom. The van der Waals surface area contributed by atoms with Crippen molar-refractivity contribution < 1.29 is 23.9 Å². The van der Waals surface area contributed by atoms with Gasteiger partial charge in [-0.2, -0.15) is 0 Å². The van der Waals surface area contributed by atoms with E-state index < -0.39 is 6.04 Å². The van der Waals surface area contributed by atoms with Crippen LogP contribution in [0.2, 0.25) is 0 Å². The lowest BCUT2D eigenvalue weighted by molar-refractivity contribution is -0.196. The predicted octanol–water partition coefficient (Wildman–Crippen LogP) is 6.49. The van der Waals surface area contributed by atoms with Gasteiger partial charge in [-0.1, -0.05) is 91.4 Å². The average molecular weight is 494 g/mol. The first-order valence-corrected chi connectivity index (χ1v) is 14.6. The molecule has 6 heteroatoms. The van der Waals surface area contributed by atoms with E-state index in [1.807, 2.05) is 13.8 Å². The van der Waals surface area contributed by atoms with Gasteiger partial charge in [-0.05, 0) is 43.9 Å². The Bertz CT molecular complexity index is 616. The second-order valence-corrected chi connectivity index (χ2v) is 11.3. The molecular formula is C29H51NO5. The number of hydrogen-bond donors (Lipinski definition) is 1. The van der Waals surface area contributed by atoms with Gasteiger partial charge in [0.2, 0.25) is 6.41 Å². The third-order valence-electron chi connectivity index (χ3n) is 7.77. The summed E-state index contributed by atoms with van der Waals surface area (Å²) in [7, 11) is 0. The molecule has 0 unspecified atom stereocenters. The van der Waals surface area contributed by atoms with E-state index in [0.717, 1.165) is 32.1 Å². The van der Waals surface area contributed by atoms with Crippen molar-refractivity contribution in [1.82, 2.24) is 5.32 Å². The molecule has 1 saturated carbocycles. The van der Waals surface area contributed by atoms with Crippen LogP contribution in [0.1, 0.15) is 130 Å². The van der Waals surface area contributed by atoms with Crippen LogP contribution in [0, 0.1) is 17.8 Å². The lowest BCUT2D eigenvalue weighted by Crippen LogP contribution is -2.51. The Morgan fingerprint density at radius 3 is 2.23 bits per heavy atom. The molecule has 0 aromatic rings. The maximum atomic E-state index is 12.9. The largest absolute Gasteiger partial charge is 0.461 e. The van der Waals surface area contributed by atoms with E-state index >= 15 is 0 Å². The van der Waals surface area contributed by atoms with Gasteiger partial charge < -0.3 is 14.8 Å². The maximum absolute atomic E-state index is 12.9. The maximum Gasteiger partial charge on any atom is 0.328 e. The van der Waals surface area contributed by atoms with Crippen molar-refractivity contribution in [3.8, 4) is 0 Å². The van der Waals surface area contributed by atoms with Gasteiger partial charge in [0, 0.05) is 6.42 Å². The molecule has 0 spiro atoms. The molecule has 4 atom stereocenters. The number of ether oxygens (including phenoxy) is 2. The van der Waals surface area contributed by atoms with Crippen LogP contribution in [0.4, 0.5) is 0 Å². The molecule has 0 radical (unpaired) electrons. The van der Waals surface area contributed by atoms with Gasteiger partial charge in [0.25, 0.3) is 0 Å². The van der Waals surface area contributed by atoms with Gasteiger partial charge in [0.15, 0.2) is 0 Å². The molecule has 1 saturated heterocycles. The third-order valence-corrected chi connectivity index (χ3v) is 7.77. The average Bonchev–Trinajstić information content (AvgIpc) is 2.82. The minimum absolute atomic E-state index is 0.0424. The summed E-state index contributed by atoms with van der Waals surface area (Å²) in [6.45, 7) is 6.29. The van der Waals surface area contributed by atoms with Crippen LogP contribution in [0.15, 0.2) is 0 Å². The number of cyclic esters (lactones) is 1. The van der Waals surface area contributed by atoms with Crippen LogP contribution < -0.4 is 5.32 Å². The highest BCUT2D eigenvalue weighted by atomic mass is 16.6. The first-order valence-electron chi connectivity index (χ1n) is 14.6. The molecule has 1 amide bonds. The lowest BCUT2D eigenvalue weighted by Gasteiger charge is -2.42. The van der Waals surface area contributed by atoms with E-state index in [4.69, 9.17) is 9.47 Å². The second-order valence-electron chi connectivity index (χ2n) is 11.3. The summed E-state index contributed by atoms with van der Waals surface area (Å²) < 4.78 is 11.5. The van der Waals surface area contributed by atoms with Gasteiger partial charge >= 0.3 is 11.9 Å². The van der Waals surface area contributed by atoms with E-state index in [9.17, 15) is 14.4 Å². The number of nitrogens with one attached hydrogen (secondary N) is 1. The fraction of sp³-hybridized carbons (Fsp3) is 0.897. The number of hydrogen-bond acceptors (Lipinski definition) is 5. The van der Waals surface area contributed by atoms with E-state index in [1.54, 1.807) is 0 Å². The SMILES string of the molecule is CCCCCCCCCCC[C@@H](C[C@@H]1OC(=O)[C@H]1C1CCCCC1)OC(=O)[C@H](CC(C)C)NC=O. The molecule has 2 fully saturated rings. The number of amides is 1. The number of rotatable bonds is 19. The minimum Gasteiger partial charge on any atom is -0.461 e. The third kappa shape index (κ3) is 10.9. The van der Waals surface area contributed by atoms with E-state index in [-0.39, 0.29) is 36.0 Å². The van der Waals surface area contributed by atoms with Crippen LogP contribution in [-0.4, -0.2) is 36.6 Å². The lowest BCUT2D eigenvalue weighted by atomic mass is 9.74. The van der Waals surface area contributed by atoms with Crippen molar-refractivity contribution in [2.75, 3.05) is 0 Å².